The van der Waals surface area contributed by atoms with Gasteiger partial charge in [-0.05, 0) is 19.8 Å². The van der Waals surface area contributed by atoms with Crippen LogP contribution in [-0.2, 0) is 0 Å². The average Bonchev–Trinajstić information content (AvgIpc) is 3.10. The van der Waals surface area contributed by atoms with E-state index in [4.69, 9.17) is 0 Å². The molecular weight excluding hydrogens is 326 g/mol. The summed E-state index contributed by atoms with van der Waals surface area (Å²) in [6, 6.07) is 1.90. The zero-order valence-corrected chi connectivity index (χ0v) is 14.0. The van der Waals surface area contributed by atoms with Crippen molar-refractivity contribution in [1.29, 1.82) is 0 Å². The highest BCUT2D eigenvalue weighted by atomic mass is 32.1. The van der Waals surface area contributed by atoms with E-state index in [1.807, 2.05) is 13.0 Å². The van der Waals surface area contributed by atoms with E-state index in [-0.39, 0.29) is 5.91 Å². The Morgan fingerprint density at radius 1 is 1.38 bits per heavy atom. The largest absolute Gasteiger partial charge is 0.368 e. The van der Waals surface area contributed by atoms with Gasteiger partial charge >= 0.3 is 0 Å². The Morgan fingerprint density at radius 3 is 3.08 bits per heavy atom. The number of thiazole rings is 1. The molecule has 1 aliphatic rings. The first-order valence-corrected chi connectivity index (χ1v) is 8.67. The highest BCUT2D eigenvalue weighted by molar-refractivity contribution is 7.13. The van der Waals surface area contributed by atoms with Gasteiger partial charge in [0.15, 0.2) is 0 Å². The number of fused-ring (bicyclic) bond motifs is 1. The van der Waals surface area contributed by atoms with E-state index in [9.17, 15) is 4.79 Å². The number of nitrogens with zero attached hydrogens (tertiary/aromatic N) is 5. The van der Waals surface area contributed by atoms with E-state index < -0.39 is 0 Å². The number of amides is 1. The third-order valence-electron chi connectivity index (χ3n) is 3.77. The molecule has 0 atom stereocenters. The van der Waals surface area contributed by atoms with Gasteiger partial charge in [-0.2, -0.15) is 14.6 Å². The van der Waals surface area contributed by atoms with Gasteiger partial charge < -0.3 is 10.6 Å². The summed E-state index contributed by atoms with van der Waals surface area (Å²) in [7, 11) is 0. The second-order valence-corrected chi connectivity index (χ2v) is 6.84. The number of anilines is 1. The third-order valence-corrected chi connectivity index (χ3v) is 4.93. The van der Waals surface area contributed by atoms with Gasteiger partial charge in [0.25, 0.3) is 11.7 Å². The molecule has 4 rings (SSSR count). The molecule has 124 valence electrons. The molecule has 0 radical (unpaired) electrons. The number of nitrogens with one attached hydrogen (secondary N) is 2. The van der Waals surface area contributed by atoms with Gasteiger partial charge in [0.1, 0.15) is 17.0 Å². The van der Waals surface area contributed by atoms with Crippen LogP contribution in [0.5, 0.6) is 0 Å². The van der Waals surface area contributed by atoms with Crippen molar-refractivity contribution in [3.63, 3.8) is 0 Å². The Kier molecular flexibility index (Phi) is 3.85. The minimum Gasteiger partial charge on any atom is -0.368 e. The first-order chi connectivity index (χ1) is 11.7. The van der Waals surface area contributed by atoms with Crippen LogP contribution in [0.25, 0.3) is 5.78 Å². The van der Waals surface area contributed by atoms with Crippen LogP contribution in [-0.4, -0.2) is 43.6 Å². The summed E-state index contributed by atoms with van der Waals surface area (Å²) in [6.07, 6.45) is 5.53. The number of hydrogen-bond acceptors (Lipinski definition) is 7. The summed E-state index contributed by atoms with van der Waals surface area (Å²) in [4.78, 5) is 25.5. The smallest absolute Gasteiger partial charge is 0.263 e. The molecule has 0 saturated heterocycles. The van der Waals surface area contributed by atoms with E-state index in [1.165, 1.54) is 30.5 Å². The highest BCUT2D eigenvalue weighted by Gasteiger charge is 2.27. The van der Waals surface area contributed by atoms with Crippen LogP contribution >= 0.6 is 11.3 Å². The van der Waals surface area contributed by atoms with Crippen LogP contribution in [0.2, 0.25) is 0 Å². The molecule has 1 amide bonds. The predicted octanol–water partition coefficient (Wildman–Crippen LogP) is 1.61. The fourth-order valence-electron chi connectivity index (χ4n) is 2.42. The molecule has 0 spiro atoms. The Balaban J connectivity index is 1.31. The molecule has 3 aromatic heterocycles. The summed E-state index contributed by atoms with van der Waals surface area (Å²) >= 11 is 1.50. The molecule has 3 aromatic rings. The van der Waals surface area contributed by atoms with Gasteiger partial charge in [0, 0.05) is 30.8 Å². The van der Waals surface area contributed by atoms with Gasteiger partial charge in [-0.1, -0.05) is 0 Å². The van der Waals surface area contributed by atoms with Crippen LogP contribution in [0, 0.1) is 6.92 Å². The molecule has 0 aromatic carbocycles. The maximum Gasteiger partial charge on any atom is 0.263 e. The number of carbonyl (C=O) groups is 1. The zero-order valence-electron chi connectivity index (χ0n) is 13.2. The minimum atomic E-state index is -0.0713. The van der Waals surface area contributed by atoms with E-state index in [1.54, 1.807) is 10.7 Å². The average molecular weight is 343 g/mol. The summed E-state index contributed by atoms with van der Waals surface area (Å²) in [5.74, 6) is 1.87. The highest BCUT2D eigenvalue weighted by Crippen LogP contribution is 2.41. The van der Waals surface area contributed by atoms with E-state index in [0.717, 1.165) is 16.5 Å². The summed E-state index contributed by atoms with van der Waals surface area (Å²) in [5.41, 5.74) is 0.860. The SMILES string of the molecule is Cc1cc(NCCNC(=O)c2cnc(C3CC3)s2)n2ncnc2n1. The van der Waals surface area contributed by atoms with Gasteiger partial charge in [-0.25, -0.2) is 9.97 Å². The lowest BCUT2D eigenvalue weighted by atomic mass is 10.4. The number of rotatable bonds is 6. The molecule has 9 heteroatoms. The summed E-state index contributed by atoms with van der Waals surface area (Å²) in [5, 5.41) is 11.4. The maximum absolute atomic E-state index is 12.1. The first kappa shape index (κ1) is 15.0. The number of hydrogen-bond donors (Lipinski definition) is 2. The lowest BCUT2D eigenvalue weighted by Crippen LogP contribution is -2.28. The van der Waals surface area contributed by atoms with Crippen LogP contribution in [0.1, 0.15) is 39.1 Å². The molecular formula is C15H17N7OS. The van der Waals surface area contributed by atoms with E-state index in [2.05, 4.69) is 30.7 Å². The molecule has 1 fully saturated rings. The van der Waals surface area contributed by atoms with Crippen molar-refractivity contribution in [1.82, 2.24) is 29.9 Å². The standard InChI is InChI=1S/C15H17N7OS/c1-9-6-12(22-15(21-9)19-8-20-22)16-4-5-17-13(23)11-7-18-14(24-11)10-2-3-10/h6-8,10,16H,2-5H2,1H3,(H,17,23). The van der Waals surface area contributed by atoms with Crippen molar-refractivity contribution < 1.29 is 4.79 Å². The number of carbonyl (C=O) groups excluding carboxylic acids is 1. The molecule has 1 aliphatic carbocycles. The summed E-state index contributed by atoms with van der Waals surface area (Å²) in [6.45, 7) is 2.99. The lowest BCUT2D eigenvalue weighted by molar-refractivity contribution is 0.0959. The molecule has 24 heavy (non-hydrogen) atoms. The van der Waals surface area contributed by atoms with Crippen LogP contribution in [0.15, 0.2) is 18.6 Å². The van der Waals surface area contributed by atoms with Crippen molar-refractivity contribution >= 4 is 28.8 Å². The van der Waals surface area contributed by atoms with Crippen molar-refractivity contribution in [2.24, 2.45) is 0 Å². The second kappa shape index (κ2) is 6.16. The van der Waals surface area contributed by atoms with Crippen LogP contribution in [0.3, 0.4) is 0 Å². The van der Waals surface area contributed by atoms with E-state index in [0.29, 0.717) is 29.7 Å². The van der Waals surface area contributed by atoms with Crippen molar-refractivity contribution in [2.75, 3.05) is 18.4 Å². The Hall–Kier alpha value is -2.55. The zero-order chi connectivity index (χ0) is 16.5. The van der Waals surface area contributed by atoms with Crippen molar-refractivity contribution in [3.05, 3.63) is 34.2 Å². The number of aryl methyl sites for hydroxylation is 1. The molecule has 8 nitrogen and oxygen atoms in total. The molecule has 2 N–H and O–H groups in total. The van der Waals surface area contributed by atoms with E-state index >= 15 is 0 Å². The van der Waals surface area contributed by atoms with Gasteiger partial charge in [-0.15, -0.1) is 11.3 Å². The van der Waals surface area contributed by atoms with Crippen molar-refractivity contribution in [3.8, 4) is 0 Å². The van der Waals surface area contributed by atoms with Crippen molar-refractivity contribution in [2.45, 2.75) is 25.7 Å². The van der Waals surface area contributed by atoms with Gasteiger partial charge in [0.2, 0.25) is 0 Å². The molecule has 3 heterocycles. The number of aromatic nitrogens is 5. The Bertz CT molecular complexity index is 883. The fourth-order valence-corrected chi connectivity index (χ4v) is 3.43. The maximum atomic E-state index is 12.1. The Labute approximate surface area is 142 Å². The normalized spacial score (nSPS) is 14.0. The molecule has 0 unspecified atom stereocenters. The predicted molar refractivity (Wildman–Crippen MR) is 90.4 cm³/mol. The van der Waals surface area contributed by atoms with Gasteiger partial charge in [0.05, 0.1) is 11.2 Å². The van der Waals surface area contributed by atoms with Crippen LogP contribution < -0.4 is 10.6 Å². The topological polar surface area (TPSA) is 97.1 Å². The summed E-state index contributed by atoms with van der Waals surface area (Å²) < 4.78 is 1.64. The second-order valence-electron chi connectivity index (χ2n) is 5.77. The Morgan fingerprint density at radius 2 is 2.25 bits per heavy atom. The fraction of sp³-hybridized carbons (Fsp3) is 0.400. The molecule has 1 saturated carbocycles. The van der Waals surface area contributed by atoms with Crippen LogP contribution in [0.4, 0.5) is 5.82 Å². The lowest BCUT2D eigenvalue weighted by Gasteiger charge is -2.09. The molecule has 0 aliphatic heterocycles. The first-order valence-electron chi connectivity index (χ1n) is 7.86. The van der Waals surface area contributed by atoms with Gasteiger partial charge in [-0.3, -0.25) is 4.79 Å². The minimum absolute atomic E-state index is 0.0713. The third kappa shape index (κ3) is 3.07. The quantitative estimate of drug-likeness (QED) is 0.660. The monoisotopic (exact) mass is 343 g/mol. The molecule has 0 bridgehead atoms.